The summed E-state index contributed by atoms with van der Waals surface area (Å²) < 4.78 is 15.3. The van der Waals surface area contributed by atoms with Crippen LogP contribution in [-0.2, 0) is 27.2 Å². The van der Waals surface area contributed by atoms with Gasteiger partial charge in [-0.15, -0.1) is 11.3 Å². The maximum atomic E-state index is 12.4. The Morgan fingerprint density at radius 2 is 2.10 bits per heavy atom. The molecule has 1 aromatic heterocycles. The number of rotatable bonds is 7. The lowest BCUT2D eigenvalue weighted by Gasteiger charge is -2.26. The predicted octanol–water partition coefficient (Wildman–Crippen LogP) is 3.42. The quantitative estimate of drug-likeness (QED) is 0.522. The van der Waals surface area contributed by atoms with Crippen molar-refractivity contribution in [2.75, 3.05) is 39.3 Å². The molecule has 31 heavy (non-hydrogen) atoms. The van der Waals surface area contributed by atoms with Crippen molar-refractivity contribution in [3.05, 3.63) is 51.9 Å². The number of fused-ring (bicyclic) bond motifs is 1. The summed E-state index contributed by atoms with van der Waals surface area (Å²) in [5, 5.41) is 12.9. The van der Waals surface area contributed by atoms with Crippen molar-refractivity contribution in [1.29, 1.82) is 5.26 Å². The fourth-order valence-electron chi connectivity index (χ4n) is 3.19. The summed E-state index contributed by atoms with van der Waals surface area (Å²) >= 11 is 1.31. The van der Waals surface area contributed by atoms with Gasteiger partial charge in [0.1, 0.15) is 23.4 Å². The highest BCUT2D eigenvalue weighted by Crippen LogP contribution is 2.36. The van der Waals surface area contributed by atoms with E-state index in [0.29, 0.717) is 42.4 Å². The van der Waals surface area contributed by atoms with Gasteiger partial charge in [-0.25, -0.2) is 4.79 Å². The van der Waals surface area contributed by atoms with Crippen LogP contribution in [0.1, 0.15) is 21.6 Å². The zero-order valence-corrected chi connectivity index (χ0v) is 18.2. The van der Waals surface area contributed by atoms with Gasteiger partial charge in [0, 0.05) is 30.2 Å². The maximum Gasteiger partial charge on any atom is 0.410 e. The smallest absolute Gasteiger partial charge is 0.410 e. The maximum absolute atomic E-state index is 12.4. The Bertz CT molecular complexity index is 1020. The molecular weight excluding hydrogens is 418 g/mol. The van der Waals surface area contributed by atoms with Crippen LogP contribution in [0, 0.1) is 11.3 Å². The van der Waals surface area contributed by atoms with Gasteiger partial charge in [0.2, 0.25) is 5.91 Å². The molecule has 162 valence electrons. The number of hydrogen-bond donors (Lipinski definition) is 1. The summed E-state index contributed by atoms with van der Waals surface area (Å²) in [6.45, 7) is 1.31. The Kier molecular flexibility index (Phi) is 7.65. The van der Waals surface area contributed by atoms with Crippen LogP contribution in [0.5, 0.6) is 5.75 Å². The fraction of sp³-hybridized carbons (Fsp3) is 0.318. The Morgan fingerprint density at radius 3 is 2.84 bits per heavy atom. The molecule has 0 saturated carbocycles. The Labute approximate surface area is 184 Å². The van der Waals surface area contributed by atoms with Crippen molar-refractivity contribution in [3.8, 4) is 11.8 Å². The SMILES string of the molecule is COCCOC(=O)N1CCc2c(sc(NC(=O)C=Cc3ccccc3OC)c2C#N)C1. The van der Waals surface area contributed by atoms with Gasteiger partial charge in [0.05, 0.1) is 25.8 Å². The first-order valence-corrected chi connectivity index (χ1v) is 10.5. The number of nitriles is 1. The minimum Gasteiger partial charge on any atom is -0.496 e. The molecule has 1 aliphatic heterocycles. The van der Waals surface area contributed by atoms with Crippen LogP contribution in [0.3, 0.4) is 0 Å². The molecule has 0 aliphatic carbocycles. The molecule has 1 N–H and O–H groups in total. The van der Waals surface area contributed by atoms with Gasteiger partial charge >= 0.3 is 6.09 Å². The Morgan fingerprint density at radius 1 is 1.29 bits per heavy atom. The normalized spacial score (nSPS) is 12.9. The number of thiophene rings is 1. The summed E-state index contributed by atoms with van der Waals surface area (Å²) in [7, 11) is 3.11. The third kappa shape index (κ3) is 5.42. The third-order valence-electron chi connectivity index (χ3n) is 4.73. The number of carbonyl (C=O) groups excluding carboxylic acids is 2. The van der Waals surface area contributed by atoms with Crippen LogP contribution in [0.2, 0.25) is 0 Å². The molecule has 0 spiro atoms. The van der Waals surface area contributed by atoms with Gasteiger partial charge in [-0.1, -0.05) is 18.2 Å². The molecule has 0 bridgehead atoms. The molecular formula is C22H23N3O5S. The molecule has 1 aliphatic rings. The topological polar surface area (TPSA) is 101 Å². The van der Waals surface area contributed by atoms with E-state index in [0.717, 1.165) is 16.0 Å². The lowest BCUT2D eigenvalue weighted by atomic mass is 10.0. The zero-order valence-electron chi connectivity index (χ0n) is 17.3. The zero-order chi connectivity index (χ0) is 22.2. The van der Waals surface area contributed by atoms with Gasteiger partial charge in [-0.05, 0) is 24.1 Å². The summed E-state index contributed by atoms with van der Waals surface area (Å²) in [5.41, 5.74) is 2.10. The number of nitrogens with zero attached hydrogens (tertiary/aromatic N) is 2. The van der Waals surface area contributed by atoms with Gasteiger partial charge in [0.15, 0.2) is 0 Å². The van der Waals surface area contributed by atoms with E-state index in [1.54, 1.807) is 18.1 Å². The van der Waals surface area contributed by atoms with Crippen LogP contribution in [0.15, 0.2) is 30.3 Å². The van der Waals surface area contributed by atoms with Crippen LogP contribution in [0.25, 0.3) is 6.08 Å². The number of methoxy groups -OCH3 is 2. The van der Waals surface area contributed by atoms with E-state index in [2.05, 4.69) is 11.4 Å². The van der Waals surface area contributed by atoms with E-state index >= 15 is 0 Å². The monoisotopic (exact) mass is 441 g/mol. The lowest BCUT2D eigenvalue weighted by Crippen LogP contribution is -2.36. The number of anilines is 1. The number of ether oxygens (including phenoxy) is 3. The first-order chi connectivity index (χ1) is 15.1. The number of benzene rings is 1. The van der Waals surface area contributed by atoms with Crippen molar-refractivity contribution in [2.24, 2.45) is 0 Å². The molecule has 3 rings (SSSR count). The highest BCUT2D eigenvalue weighted by Gasteiger charge is 2.28. The number of carbonyl (C=O) groups is 2. The first-order valence-electron chi connectivity index (χ1n) is 9.64. The molecule has 0 saturated heterocycles. The van der Waals surface area contributed by atoms with Crippen LogP contribution < -0.4 is 10.1 Å². The number of hydrogen-bond acceptors (Lipinski definition) is 7. The van der Waals surface area contributed by atoms with E-state index in [-0.39, 0.29) is 12.5 Å². The van der Waals surface area contributed by atoms with E-state index in [4.69, 9.17) is 14.2 Å². The molecule has 8 nitrogen and oxygen atoms in total. The second kappa shape index (κ2) is 10.6. The van der Waals surface area contributed by atoms with E-state index < -0.39 is 6.09 Å². The Hall–Kier alpha value is -3.35. The largest absolute Gasteiger partial charge is 0.496 e. The van der Waals surface area contributed by atoms with Crippen molar-refractivity contribution in [2.45, 2.75) is 13.0 Å². The van der Waals surface area contributed by atoms with Crippen molar-refractivity contribution in [3.63, 3.8) is 0 Å². The third-order valence-corrected chi connectivity index (χ3v) is 5.86. The summed E-state index contributed by atoms with van der Waals surface area (Å²) in [5.74, 6) is 0.310. The minimum atomic E-state index is -0.417. The van der Waals surface area contributed by atoms with E-state index in [1.165, 1.54) is 24.5 Å². The van der Waals surface area contributed by atoms with Crippen molar-refractivity contribution in [1.82, 2.24) is 4.90 Å². The number of nitrogens with one attached hydrogen (secondary N) is 1. The average Bonchev–Trinajstić information content (AvgIpc) is 3.13. The molecule has 1 aromatic carbocycles. The van der Waals surface area contributed by atoms with Crippen molar-refractivity contribution >= 4 is 34.4 Å². The molecule has 0 atom stereocenters. The summed E-state index contributed by atoms with van der Waals surface area (Å²) in [6.07, 6.45) is 3.17. The first kappa shape index (κ1) is 22.3. The second-order valence-electron chi connectivity index (χ2n) is 6.66. The molecule has 2 amide bonds. The van der Waals surface area contributed by atoms with Crippen LogP contribution >= 0.6 is 11.3 Å². The van der Waals surface area contributed by atoms with Gasteiger partial charge in [0.25, 0.3) is 0 Å². The molecule has 9 heteroatoms. The predicted molar refractivity (Wildman–Crippen MR) is 117 cm³/mol. The molecule has 2 heterocycles. The number of amides is 2. The lowest BCUT2D eigenvalue weighted by molar-refractivity contribution is -0.111. The van der Waals surface area contributed by atoms with Crippen molar-refractivity contribution < 1.29 is 23.8 Å². The van der Waals surface area contributed by atoms with E-state index in [9.17, 15) is 14.9 Å². The molecule has 0 radical (unpaired) electrons. The molecule has 2 aromatic rings. The van der Waals surface area contributed by atoms with E-state index in [1.807, 2.05) is 24.3 Å². The van der Waals surface area contributed by atoms with Gasteiger partial charge in [-0.3, -0.25) is 4.79 Å². The van der Waals surface area contributed by atoms with Crippen LogP contribution in [-0.4, -0.2) is 50.9 Å². The summed E-state index contributed by atoms with van der Waals surface area (Å²) in [4.78, 5) is 27.1. The standard InChI is InChI=1S/C22H23N3O5S/c1-28-11-12-30-22(27)25-10-9-16-17(13-23)21(31-19(16)14-25)24-20(26)8-7-15-5-3-4-6-18(15)29-2/h3-8H,9-12,14H2,1-2H3,(H,24,26). The highest BCUT2D eigenvalue weighted by molar-refractivity contribution is 7.16. The van der Waals surface area contributed by atoms with Crippen LogP contribution in [0.4, 0.5) is 9.80 Å². The van der Waals surface area contributed by atoms with Gasteiger partial charge in [-0.2, -0.15) is 5.26 Å². The highest BCUT2D eigenvalue weighted by atomic mass is 32.1. The minimum absolute atomic E-state index is 0.187. The molecule has 0 unspecified atom stereocenters. The fourth-order valence-corrected chi connectivity index (χ4v) is 4.41. The summed E-state index contributed by atoms with van der Waals surface area (Å²) in [6, 6.07) is 9.54. The number of para-hydroxylation sites is 1. The average molecular weight is 442 g/mol. The molecule has 0 fully saturated rings. The Balaban J connectivity index is 1.69. The second-order valence-corrected chi connectivity index (χ2v) is 7.77. The van der Waals surface area contributed by atoms with Gasteiger partial charge < -0.3 is 24.4 Å².